The molecule has 0 saturated heterocycles. The quantitative estimate of drug-likeness (QED) is 0.347. The predicted octanol–water partition coefficient (Wildman–Crippen LogP) is 4.68. The van der Waals surface area contributed by atoms with Gasteiger partial charge in [0.1, 0.15) is 5.75 Å². The smallest absolute Gasteiger partial charge is 0.434 e. The standard InChI is InChI=1S/C25H23N3O6/c1-3-33-25(32)34-22-13-7-17(8-14-22)23(30)27-19-9-11-20(12-10-19)28-24(31)18-5-4-6-21(15-18)26-16(2)29/h4-15H,3H2,1-2H3,(H,26,29)(H,27,30)(H,28,31). The Morgan fingerprint density at radius 1 is 0.706 bits per heavy atom. The van der Waals surface area contributed by atoms with Gasteiger partial charge in [-0.25, -0.2) is 4.79 Å². The summed E-state index contributed by atoms with van der Waals surface area (Å²) >= 11 is 0. The van der Waals surface area contributed by atoms with Crippen molar-refractivity contribution in [1.29, 1.82) is 0 Å². The van der Waals surface area contributed by atoms with Crippen LogP contribution in [0, 0.1) is 0 Å². The normalized spacial score (nSPS) is 10.1. The number of rotatable bonds is 7. The highest BCUT2D eigenvalue weighted by Crippen LogP contribution is 2.18. The van der Waals surface area contributed by atoms with Gasteiger partial charge in [-0.1, -0.05) is 6.07 Å². The van der Waals surface area contributed by atoms with Crippen LogP contribution in [0.3, 0.4) is 0 Å². The summed E-state index contributed by atoms with van der Waals surface area (Å²) in [5.74, 6) is -0.655. The van der Waals surface area contributed by atoms with E-state index < -0.39 is 6.16 Å². The summed E-state index contributed by atoms with van der Waals surface area (Å²) in [7, 11) is 0. The fraction of sp³-hybridized carbons (Fsp3) is 0.120. The molecule has 3 aromatic rings. The Kier molecular flexibility index (Phi) is 7.96. The molecule has 0 aliphatic heterocycles. The zero-order valence-electron chi connectivity index (χ0n) is 18.6. The van der Waals surface area contributed by atoms with Crippen molar-refractivity contribution in [3.63, 3.8) is 0 Å². The minimum absolute atomic E-state index is 0.202. The average molecular weight is 461 g/mol. The third-order valence-electron chi connectivity index (χ3n) is 4.43. The van der Waals surface area contributed by atoms with E-state index in [4.69, 9.17) is 9.47 Å². The molecule has 0 unspecified atom stereocenters. The maximum absolute atomic E-state index is 12.5. The van der Waals surface area contributed by atoms with Crippen LogP contribution < -0.4 is 20.7 Å². The van der Waals surface area contributed by atoms with Crippen LogP contribution in [0.4, 0.5) is 21.9 Å². The molecule has 9 heteroatoms. The molecule has 34 heavy (non-hydrogen) atoms. The van der Waals surface area contributed by atoms with E-state index in [0.29, 0.717) is 28.2 Å². The number of benzene rings is 3. The molecule has 0 aliphatic carbocycles. The summed E-state index contributed by atoms with van der Waals surface area (Å²) in [6.45, 7) is 3.26. The van der Waals surface area contributed by atoms with Gasteiger partial charge in [0, 0.05) is 35.1 Å². The summed E-state index contributed by atoms with van der Waals surface area (Å²) in [4.78, 5) is 47.5. The van der Waals surface area contributed by atoms with Crippen molar-refractivity contribution in [1.82, 2.24) is 0 Å². The van der Waals surface area contributed by atoms with Crippen molar-refractivity contribution < 1.29 is 28.7 Å². The van der Waals surface area contributed by atoms with Gasteiger partial charge in [-0.2, -0.15) is 0 Å². The topological polar surface area (TPSA) is 123 Å². The van der Waals surface area contributed by atoms with Crippen LogP contribution in [0.1, 0.15) is 34.6 Å². The Balaban J connectivity index is 1.57. The van der Waals surface area contributed by atoms with Crippen LogP contribution in [-0.4, -0.2) is 30.5 Å². The number of hydrogen-bond acceptors (Lipinski definition) is 6. The van der Waals surface area contributed by atoms with Gasteiger partial charge in [0.05, 0.1) is 6.61 Å². The number of ether oxygens (including phenoxy) is 2. The molecule has 0 bridgehead atoms. The maximum atomic E-state index is 12.5. The third kappa shape index (κ3) is 6.92. The molecule has 3 N–H and O–H groups in total. The summed E-state index contributed by atoms with van der Waals surface area (Å²) < 4.78 is 9.66. The van der Waals surface area contributed by atoms with Crippen molar-refractivity contribution in [2.24, 2.45) is 0 Å². The lowest BCUT2D eigenvalue weighted by Crippen LogP contribution is -2.14. The molecule has 9 nitrogen and oxygen atoms in total. The summed E-state index contributed by atoms with van der Waals surface area (Å²) in [6.07, 6.45) is -0.813. The van der Waals surface area contributed by atoms with E-state index in [0.717, 1.165) is 0 Å². The zero-order chi connectivity index (χ0) is 24.5. The molecule has 3 amide bonds. The van der Waals surface area contributed by atoms with Crippen molar-refractivity contribution in [3.05, 3.63) is 83.9 Å². The van der Waals surface area contributed by atoms with Gasteiger partial charge in [0.25, 0.3) is 11.8 Å². The van der Waals surface area contributed by atoms with Crippen LogP contribution in [0.2, 0.25) is 0 Å². The number of carbonyl (C=O) groups excluding carboxylic acids is 4. The summed E-state index contributed by atoms with van der Waals surface area (Å²) in [5, 5.41) is 8.15. The monoisotopic (exact) mass is 461 g/mol. The average Bonchev–Trinajstić information content (AvgIpc) is 2.80. The largest absolute Gasteiger partial charge is 0.513 e. The van der Waals surface area contributed by atoms with Crippen LogP contribution in [0.5, 0.6) is 5.75 Å². The Bertz CT molecular complexity index is 1190. The molecule has 3 rings (SSSR count). The van der Waals surface area contributed by atoms with Gasteiger partial charge < -0.3 is 25.4 Å². The lowest BCUT2D eigenvalue weighted by molar-refractivity contribution is -0.114. The first-order valence-corrected chi connectivity index (χ1v) is 10.4. The molecule has 0 spiro atoms. The first-order valence-electron chi connectivity index (χ1n) is 10.4. The highest BCUT2D eigenvalue weighted by Gasteiger charge is 2.10. The molecule has 0 aromatic heterocycles. The lowest BCUT2D eigenvalue weighted by atomic mass is 10.1. The fourth-order valence-corrected chi connectivity index (χ4v) is 2.90. The second-order valence-electron chi connectivity index (χ2n) is 7.06. The molecule has 0 aliphatic rings. The van der Waals surface area contributed by atoms with Crippen molar-refractivity contribution in [2.75, 3.05) is 22.6 Å². The number of hydrogen-bond donors (Lipinski definition) is 3. The molecule has 0 fully saturated rings. The number of amides is 3. The Labute approximate surface area is 196 Å². The van der Waals surface area contributed by atoms with Gasteiger partial charge >= 0.3 is 6.16 Å². The number of nitrogens with one attached hydrogen (secondary N) is 3. The minimum Gasteiger partial charge on any atom is -0.434 e. The minimum atomic E-state index is -0.813. The van der Waals surface area contributed by atoms with E-state index in [-0.39, 0.29) is 30.1 Å². The van der Waals surface area contributed by atoms with Crippen molar-refractivity contribution in [3.8, 4) is 5.75 Å². The van der Waals surface area contributed by atoms with Crippen LogP contribution in [0.25, 0.3) is 0 Å². The van der Waals surface area contributed by atoms with Gasteiger partial charge in [-0.3, -0.25) is 14.4 Å². The second-order valence-corrected chi connectivity index (χ2v) is 7.06. The molecule has 0 heterocycles. The highest BCUT2D eigenvalue weighted by molar-refractivity contribution is 6.06. The molecule has 3 aromatic carbocycles. The highest BCUT2D eigenvalue weighted by atomic mass is 16.7. The maximum Gasteiger partial charge on any atom is 0.513 e. The second kappa shape index (κ2) is 11.3. The van der Waals surface area contributed by atoms with Gasteiger partial charge in [-0.05, 0) is 73.7 Å². The van der Waals surface area contributed by atoms with E-state index in [2.05, 4.69) is 16.0 Å². The van der Waals surface area contributed by atoms with Gasteiger partial charge in [-0.15, -0.1) is 0 Å². The molecular formula is C25H23N3O6. The van der Waals surface area contributed by atoms with E-state index in [1.807, 2.05) is 0 Å². The van der Waals surface area contributed by atoms with E-state index in [9.17, 15) is 19.2 Å². The van der Waals surface area contributed by atoms with Crippen molar-refractivity contribution >= 4 is 40.9 Å². The molecule has 0 saturated carbocycles. The van der Waals surface area contributed by atoms with Crippen LogP contribution in [0.15, 0.2) is 72.8 Å². The molecule has 0 radical (unpaired) electrons. The fourth-order valence-electron chi connectivity index (χ4n) is 2.90. The Morgan fingerprint density at radius 3 is 1.85 bits per heavy atom. The van der Waals surface area contributed by atoms with Crippen LogP contribution >= 0.6 is 0 Å². The first kappa shape index (κ1) is 24.0. The lowest BCUT2D eigenvalue weighted by Gasteiger charge is -2.09. The van der Waals surface area contributed by atoms with Crippen LogP contribution in [-0.2, 0) is 9.53 Å². The van der Waals surface area contributed by atoms with Crippen molar-refractivity contribution in [2.45, 2.75) is 13.8 Å². The zero-order valence-corrected chi connectivity index (χ0v) is 18.6. The molecule has 174 valence electrons. The molecule has 0 atom stereocenters. The first-order chi connectivity index (χ1) is 16.3. The SMILES string of the molecule is CCOC(=O)Oc1ccc(C(=O)Nc2ccc(NC(=O)c3cccc(NC(C)=O)c3)cc2)cc1. The molecular weight excluding hydrogens is 438 g/mol. The number of carbonyl (C=O) groups is 4. The Hall–Kier alpha value is -4.66. The number of anilines is 3. The van der Waals surface area contributed by atoms with E-state index >= 15 is 0 Å². The predicted molar refractivity (Wildman–Crippen MR) is 127 cm³/mol. The van der Waals surface area contributed by atoms with E-state index in [1.54, 1.807) is 55.5 Å². The van der Waals surface area contributed by atoms with E-state index in [1.165, 1.54) is 31.2 Å². The summed E-state index contributed by atoms with van der Waals surface area (Å²) in [6, 6.07) is 19.2. The third-order valence-corrected chi connectivity index (χ3v) is 4.43. The summed E-state index contributed by atoms with van der Waals surface area (Å²) in [5.41, 5.74) is 2.35. The van der Waals surface area contributed by atoms with Gasteiger partial charge in [0.15, 0.2) is 0 Å². The van der Waals surface area contributed by atoms with Gasteiger partial charge in [0.2, 0.25) is 5.91 Å². The Morgan fingerprint density at radius 2 is 1.29 bits per heavy atom.